The average Bonchev–Trinajstić information content (AvgIpc) is 3.11. The molecular formula is C14H18N2O4. The molecule has 0 aromatic carbocycles. The third-order valence-electron chi connectivity index (χ3n) is 4.10. The van der Waals surface area contributed by atoms with Crippen LogP contribution >= 0.6 is 0 Å². The molecule has 6 nitrogen and oxygen atoms in total. The van der Waals surface area contributed by atoms with Crippen LogP contribution in [0.5, 0.6) is 0 Å². The van der Waals surface area contributed by atoms with Gasteiger partial charge in [0.25, 0.3) is 0 Å². The third kappa shape index (κ3) is 2.43. The highest BCUT2D eigenvalue weighted by Crippen LogP contribution is 2.48. The Labute approximate surface area is 117 Å². The van der Waals surface area contributed by atoms with E-state index in [4.69, 9.17) is 9.52 Å². The van der Waals surface area contributed by atoms with Crippen molar-refractivity contribution in [2.45, 2.75) is 12.3 Å². The van der Waals surface area contributed by atoms with Crippen molar-refractivity contribution in [3.8, 4) is 0 Å². The number of aliphatic hydroxyl groups is 1. The number of hydrogen-bond acceptors (Lipinski definition) is 4. The van der Waals surface area contributed by atoms with E-state index >= 15 is 0 Å². The quantitative estimate of drug-likeness (QED) is 0.847. The average molecular weight is 278 g/mol. The summed E-state index contributed by atoms with van der Waals surface area (Å²) in [5.41, 5.74) is 0. The van der Waals surface area contributed by atoms with Crippen LogP contribution in [-0.4, -0.2) is 59.5 Å². The lowest BCUT2D eigenvalue weighted by atomic mass is 10.2. The molecule has 0 spiro atoms. The van der Waals surface area contributed by atoms with Crippen LogP contribution in [-0.2, 0) is 9.59 Å². The zero-order valence-corrected chi connectivity index (χ0v) is 11.2. The van der Waals surface area contributed by atoms with Gasteiger partial charge >= 0.3 is 0 Å². The van der Waals surface area contributed by atoms with Gasteiger partial charge in [0.15, 0.2) is 0 Å². The SMILES string of the molecule is O=C(CO)N1CCN(C(=O)C2CC2c2ccco2)CC1. The largest absolute Gasteiger partial charge is 0.469 e. The standard InChI is InChI=1S/C14H18N2O4/c17-9-13(18)15-3-5-16(6-4-15)14(19)11-8-10(11)12-2-1-7-20-12/h1-2,7,10-11,17H,3-6,8-9H2. The molecule has 2 heterocycles. The fourth-order valence-corrected chi connectivity index (χ4v) is 2.80. The van der Waals surface area contributed by atoms with Gasteiger partial charge in [0, 0.05) is 38.0 Å². The Kier molecular flexibility index (Phi) is 3.48. The number of aliphatic hydroxyl groups excluding tert-OH is 1. The van der Waals surface area contributed by atoms with Gasteiger partial charge in [0.1, 0.15) is 12.4 Å². The van der Waals surface area contributed by atoms with Gasteiger partial charge in [0.05, 0.1) is 6.26 Å². The number of furan rings is 1. The third-order valence-corrected chi connectivity index (χ3v) is 4.10. The van der Waals surface area contributed by atoms with Gasteiger partial charge in [0.2, 0.25) is 11.8 Å². The summed E-state index contributed by atoms with van der Waals surface area (Å²) in [7, 11) is 0. The summed E-state index contributed by atoms with van der Waals surface area (Å²) in [5.74, 6) is 1.02. The van der Waals surface area contributed by atoms with Crippen molar-refractivity contribution < 1.29 is 19.1 Å². The minimum atomic E-state index is -0.461. The predicted molar refractivity (Wildman–Crippen MR) is 69.8 cm³/mol. The molecule has 3 rings (SSSR count). The normalized spacial score (nSPS) is 25.6. The van der Waals surface area contributed by atoms with E-state index in [1.165, 1.54) is 0 Å². The van der Waals surface area contributed by atoms with Gasteiger partial charge in [-0.25, -0.2) is 0 Å². The Morgan fingerprint density at radius 2 is 1.95 bits per heavy atom. The van der Waals surface area contributed by atoms with Gasteiger partial charge in [-0.15, -0.1) is 0 Å². The van der Waals surface area contributed by atoms with Gasteiger partial charge < -0.3 is 19.3 Å². The maximum Gasteiger partial charge on any atom is 0.248 e. The van der Waals surface area contributed by atoms with E-state index in [1.807, 2.05) is 17.0 Å². The number of rotatable bonds is 3. The number of carbonyl (C=O) groups is 2. The summed E-state index contributed by atoms with van der Waals surface area (Å²) < 4.78 is 5.34. The number of carbonyl (C=O) groups excluding carboxylic acids is 2. The lowest BCUT2D eigenvalue weighted by Gasteiger charge is -2.34. The highest BCUT2D eigenvalue weighted by molar-refractivity contribution is 5.83. The minimum absolute atomic E-state index is 0.0289. The number of amides is 2. The van der Waals surface area contributed by atoms with Crippen molar-refractivity contribution in [2.24, 2.45) is 5.92 Å². The van der Waals surface area contributed by atoms with Crippen LogP contribution in [0.2, 0.25) is 0 Å². The lowest BCUT2D eigenvalue weighted by molar-refractivity contribution is -0.141. The van der Waals surface area contributed by atoms with Crippen molar-refractivity contribution in [1.82, 2.24) is 9.80 Å². The fraction of sp³-hybridized carbons (Fsp3) is 0.571. The Morgan fingerprint density at radius 1 is 1.25 bits per heavy atom. The second-order valence-electron chi connectivity index (χ2n) is 5.33. The molecule has 1 aliphatic carbocycles. The molecule has 2 atom stereocenters. The maximum atomic E-state index is 12.3. The molecule has 0 radical (unpaired) electrons. The topological polar surface area (TPSA) is 74.0 Å². The number of hydrogen-bond donors (Lipinski definition) is 1. The van der Waals surface area contributed by atoms with E-state index in [2.05, 4.69) is 0 Å². The summed E-state index contributed by atoms with van der Waals surface area (Å²) in [4.78, 5) is 27.1. The van der Waals surface area contributed by atoms with Crippen LogP contribution < -0.4 is 0 Å². The molecule has 1 saturated carbocycles. The molecule has 0 bridgehead atoms. The van der Waals surface area contributed by atoms with Crippen LogP contribution in [0.25, 0.3) is 0 Å². The molecular weight excluding hydrogens is 260 g/mol. The monoisotopic (exact) mass is 278 g/mol. The molecule has 1 aromatic heterocycles. The van der Waals surface area contributed by atoms with Crippen molar-refractivity contribution in [3.05, 3.63) is 24.2 Å². The Morgan fingerprint density at radius 3 is 2.55 bits per heavy atom. The first-order chi connectivity index (χ1) is 9.70. The van der Waals surface area contributed by atoms with Gasteiger partial charge in [-0.05, 0) is 18.6 Å². The van der Waals surface area contributed by atoms with Crippen molar-refractivity contribution in [3.63, 3.8) is 0 Å². The zero-order valence-electron chi connectivity index (χ0n) is 11.2. The van der Waals surface area contributed by atoms with E-state index in [9.17, 15) is 9.59 Å². The van der Waals surface area contributed by atoms with Gasteiger partial charge in [-0.1, -0.05) is 0 Å². The highest BCUT2D eigenvalue weighted by Gasteiger charge is 2.47. The second-order valence-corrected chi connectivity index (χ2v) is 5.33. The van der Waals surface area contributed by atoms with Crippen molar-refractivity contribution in [1.29, 1.82) is 0 Å². The van der Waals surface area contributed by atoms with Gasteiger partial charge in [-0.3, -0.25) is 9.59 Å². The Balaban J connectivity index is 1.52. The second kappa shape index (κ2) is 5.28. The smallest absolute Gasteiger partial charge is 0.248 e. The highest BCUT2D eigenvalue weighted by atomic mass is 16.3. The molecule has 1 aliphatic heterocycles. The number of piperazine rings is 1. The Hall–Kier alpha value is -1.82. The van der Waals surface area contributed by atoms with E-state index in [0.29, 0.717) is 26.2 Å². The molecule has 6 heteroatoms. The molecule has 108 valence electrons. The molecule has 2 aliphatic rings. The molecule has 1 N–H and O–H groups in total. The van der Waals surface area contributed by atoms with Gasteiger partial charge in [-0.2, -0.15) is 0 Å². The van der Waals surface area contributed by atoms with E-state index in [0.717, 1.165) is 12.2 Å². The molecule has 2 fully saturated rings. The predicted octanol–water partition coefficient (Wildman–Crippen LogP) is 0.0462. The van der Waals surface area contributed by atoms with E-state index in [-0.39, 0.29) is 23.7 Å². The summed E-state index contributed by atoms with van der Waals surface area (Å²) in [6.45, 7) is 1.64. The van der Waals surface area contributed by atoms with Crippen molar-refractivity contribution >= 4 is 11.8 Å². The summed E-state index contributed by atoms with van der Waals surface area (Å²) >= 11 is 0. The molecule has 2 unspecified atom stereocenters. The van der Waals surface area contributed by atoms with Crippen LogP contribution in [0, 0.1) is 5.92 Å². The molecule has 1 aromatic rings. The maximum absolute atomic E-state index is 12.3. The zero-order chi connectivity index (χ0) is 14.1. The minimum Gasteiger partial charge on any atom is -0.469 e. The molecule has 1 saturated heterocycles. The summed E-state index contributed by atoms with van der Waals surface area (Å²) in [5, 5.41) is 8.82. The summed E-state index contributed by atoms with van der Waals surface area (Å²) in [6.07, 6.45) is 2.48. The molecule has 20 heavy (non-hydrogen) atoms. The first-order valence-electron chi connectivity index (χ1n) is 6.91. The lowest BCUT2D eigenvalue weighted by Crippen LogP contribution is -2.51. The van der Waals surface area contributed by atoms with Crippen LogP contribution in [0.15, 0.2) is 22.8 Å². The van der Waals surface area contributed by atoms with E-state index < -0.39 is 6.61 Å². The first-order valence-corrected chi connectivity index (χ1v) is 6.91. The fourth-order valence-electron chi connectivity index (χ4n) is 2.80. The Bertz CT molecular complexity index is 491. The van der Waals surface area contributed by atoms with E-state index in [1.54, 1.807) is 11.2 Å². The van der Waals surface area contributed by atoms with Crippen LogP contribution in [0.1, 0.15) is 18.1 Å². The van der Waals surface area contributed by atoms with Crippen LogP contribution in [0.3, 0.4) is 0 Å². The van der Waals surface area contributed by atoms with Crippen LogP contribution in [0.4, 0.5) is 0 Å². The van der Waals surface area contributed by atoms with Crippen molar-refractivity contribution in [2.75, 3.05) is 32.8 Å². The summed E-state index contributed by atoms with van der Waals surface area (Å²) in [6, 6.07) is 3.75. The number of nitrogens with zero attached hydrogens (tertiary/aromatic N) is 2. The first kappa shape index (κ1) is 13.2. The molecule has 2 amide bonds.